The minimum absolute atomic E-state index is 0.370. The van der Waals surface area contributed by atoms with Crippen molar-refractivity contribution in [3.8, 4) is 0 Å². The third kappa shape index (κ3) is 1.60. The van der Waals surface area contributed by atoms with Crippen molar-refractivity contribution in [3.05, 3.63) is 35.4 Å². The standard InChI is InChI=1S/C13H14O4/c1-13(12(16)17)9-5-3-2-4-8(9)6-7-10(13)11(14)15/h2-5,10H,6-7H2,1H3,(H,14,15)(H,16,17). The van der Waals surface area contributed by atoms with Gasteiger partial charge in [-0.05, 0) is 30.9 Å². The Balaban J connectivity index is 2.62. The van der Waals surface area contributed by atoms with Crippen molar-refractivity contribution in [2.45, 2.75) is 25.2 Å². The number of carbonyl (C=O) groups is 2. The highest BCUT2D eigenvalue weighted by Crippen LogP contribution is 2.41. The first kappa shape index (κ1) is 11.6. The molecule has 0 fully saturated rings. The van der Waals surface area contributed by atoms with E-state index in [2.05, 4.69) is 0 Å². The molecule has 2 unspecified atom stereocenters. The van der Waals surface area contributed by atoms with Crippen LogP contribution in [0.1, 0.15) is 24.5 Å². The van der Waals surface area contributed by atoms with E-state index >= 15 is 0 Å². The second kappa shape index (κ2) is 3.87. The van der Waals surface area contributed by atoms with Gasteiger partial charge in [0.1, 0.15) is 5.41 Å². The van der Waals surface area contributed by atoms with E-state index in [9.17, 15) is 19.8 Å². The second-order valence-corrected chi connectivity index (χ2v) is 4.59. The third-order valence-corrected chi connectivity index (χ3v) is 3.72. The largest absolute Gasteiger partial charge is 0.481 e. The van der Waals surface area contributed by atoms with Gasteiger partial charge in [-0.3, -0.25) is 9.59 Å². The highest BCUT2D eigenvalue weighted by Gasteiger charge is 2.50. The SMILES string of the molecule is CC1(C(=O)O)c2ccccc2CCC1C(=O)O. The predicted octanol–water partition coefficient (Wildman–Crippen LogP) is 1.68. The Labute approximate surface area is 98.9 Å². The molecule has 4 heteroatoms. The van der Waals surface area contributed by atoms with Crippen LogP contribution in [0.2, 0.25) is 0 Å². The van der Waals surface area contributed by atoms with Crippen LogP contribution < -0.4 is 0 Å². The first-order chi connectivity index (χ1) is 7.98. The molecule has 1 aromatic carbocycles. The number of carboxylic acids is 2. The molecule has 1 aromatic rings. The molecule has 0 bridgehead atoms. The smallest absolute Gasteiger partial charge is 0.314 e. The van der Waals surface area contributed by atoms with Crippen LogP contribution in [0, 0.1) is 5.92 Å². The Morgan fingerprint density at radius 3 is 2.53 bits per heavy atom. The van der Waals surface area contributed by atoms with Crippen LogP contribution in [0.15, 0.2) is 24.3 Å². The summed E-state index contributed by atoms with van der Waals surface area (Å²) in [5, 5.41) is 18.6. The average Bonchev–Trinajstić information content (AvgIpc) is 2.29. The minimum Gasteiger partial charge on any atom is -0.481 e. The number of benzene rings is 1. The second-order valence-electron chi connectivity index (χ2n) is 4.59. The van der Waals surface area contributed by atoms with E-state index in [1.165, 1.54) is 6.92 Å². The number of aliphatic carboxylic acids is 2. The lowest BCUT2D eigenvalue weighted by molar-refractivity contribution is -0.156. The molecule has 1 aliphatic rings. The lowest BCUT2D eigenvalue weighted by atomic mass is 9.64. The molecule has 0 aromatic heterocycles. The van der Waals surface area contributed by atoms with Gasteiger partial charge in [-0.1, -0.05) is 24.3 Å². The fourth-order valence-corrected chi connectivity index (χ4v) is 2.66. The lowest BCUT2D eigenvalue weighted by Crippen LogP contribution is -2.47. The summed E-state index contributed by atoms with van der Waals surface area (Å²) in [7, 11) is 0. The van der Waals surface area contributed by atoms with Gasteiger partial charge >= 0.3 is 11.9 Å². The zero-order valence-corrected chi connectivity index (χ0v) is 9.51. The van der Waals surface area contributed by atoms with Crippen LogP contribution in [0.3, 0.4) is 0 Å². The summed E-state index contributed by atoms with van der Waals surface area (Å²) in [6.45, 7) is 1.51. The summed E-state index contributed by atoms with van der Waals surface area (Å²) < 4.78 is 0. The normalized spacial score (nSPS) is 27.2. The van der Waals surface area contributed by atoms with Crippen molar-refractivity contribution in [2.24, 2.45) is 5.92 Å². The molecule has 0 radical (unpaired) electrons. The minimum atomic E-state index is -1.33. The maximum Gasteiger partial charge on any atom is 0.314 e. The number of aryl methyl sites for hydroxylation is 1. The molecular weight excluding hydrogens is 220 g/mol. The first-order valence-corrected chi connectivity index (χ1v) is 5.52. The van der Waals surface area contributed by atoms with Crippen LogP contribution in [0.25, 0.3) is 0 Å². The predicted molar refractivity (Wildman–Crippen MR) is 60.9 cm³/mol. The van der Waals surface area contributed by atoms with Crippen molar-refractivity contribution < 1.29 is 19.8 Å². The first-order valence-electron chi connectivity index (χ1n) is 5.52. The van der Waals surface area contributed by atoms with Crippen LogP contribution in [-0.4, -0.2) is 22.2 Å². The van der Waals surface area contributed by atoms with Crippen LogP contribution in [-0.2, 0) is 21.4 Å². The van der Waals surface area contributed by atoms with E-state index in [1.54, 1.807) is 12.1 Å². The Kier molecular flexibility index (Phi) is 2.65. The highest BCUT2D eigenvalue weighted by molar-refractivity contribution is 5.89. The van der Waals surface area contributed by atoms with Crippen molar-refractivity contribution in [3.63, 3.8) is 0 Å². The fourth-order valence-electron chi connectivity index (χ4n) is 2.66. The van der Waals surface area contributed by atoms with E-state index in [0.29, 0.717) is 18.4 Å². The van der Waals surface area contributed by atoms with Crippen LogP contribution in [0.5, 0.6) is 0 Å². The van der Waals surface area contributed by atoms with E-state index in [1.807, 2.05) is 12.1 Å². The van der Waals surface area contributed by atoms with E-state index < -0.39 is 23.3 Å². The number of carboxylic acid groups (broad SMARTS) is 2. The number of fused-ring (bicyclic) bond motifs is 1. The zero-order chi connectivity index (χ0) is 12.6. The fraction of sp³-hybridized carbons (Fsp3) is 0.385. The summed E-state index contributed by atoms with van der Waals surface area (Å²) in [6, 6.07) is 7.19. The van der Waals surface area contributed by atoms with Crippen molar-refractivity contribution >= 4 is 11.9 Å². The molecule has 0 aliphatic heterocycles. The number of rotatable bonds is 2. The van der Waals surface area contributed by atoms with Gasteiger partial charge in [-0.2, -0.15) is 0 Å². The van der Waals surface area contributed by atoms with Gasteiger partial charge in [0.2, 0.25) is 0 Å². The summed E-state index contributed by atoms with van der Waals surface area (Å²) in [6.07, 6.45) is 0.991. The Hall–Kier alpha value is -1.84. The van der Waals surface area contributed by atoms with Gasteiger partial charge in [-0.25, -0.2) is 0 Å². The van der Waals surface area contributed by atoms with Crippen molar-refractivity contribution in [1.29, 1.82) is 0 Å². The van der Waals surface area contributed by atoms with Crippen molar-refractivity contribution in [2.75, 3.05) is 0 Å². The van der Waals surface area contributed by atoms with E-state index in [0.717, 1.165) is 5.56 Å². The van der Waals surface area contributed by atoms with Crippen LogP contribution in [0.4, 0.5) is 0 Å². The topological polar surface area (TPSA) is 74.6 Å². The molecule has 4 nitrogen and oxygen atoms in total. The van der Waals surface area contributed by atoms with Gasteiger partial charge in [0.05, 0.1) is 5.92 Å². The molecule has 17 heavy (non-hydrogen) atoms. The molecule has 2 N–H and O–H groups in total. The summed E-state index contributed by atoms with van der Waals surface area (Å²) in [5.41, 5.74) is 0.238. The van der Waals surface area contributed by atoms with Gasteiger partial charge in [0.25, 0.3) is 0 Å². The van der Waals surface area contributed by atoms with Gasteiger partial charge < -0.3 is 10.2 Å². The molecule has 2 rings (SSSR count). The Morgan fingerprint density at radius 1 is 1.29 bits per heavy atom. The molecule has 90 valence electrons. The average molecular weight is 234 g/mol. The third-order valence-electron chi connectivity index (χ3n) is 3.72. The summed E-state index contributed by atoms with van der Waals surface area (Å²) in [4.78, 5) is 22.7. The summed E-state index contributed by atoms with van der Waals surface area (Å²) in [5.74, 6) is -2.98. The Bertz CT molecular complexity index is 480. The maximum absolute atomic E-state index is 11.5. The molecule has 2 atom stereocenters. The number of hydrogen-bond acceptors (Lipinski definition) is 2. The molecular formula is C13H14O4. The lowest BCUT2D eigenvalue weighted by Gasteiger charge is -2.37. The quantitative estimate of drug-likeness (QED) is 0.816. The molecule has 0 amide bonds. The summed E-state index contributed by atoms with van der Waals surface area (Å²) >= 11 is 0. The molecule has 1 aliphatic carbocycles. The van der Waals surface area contributed by atoms with Gasteiger partial charge in [-0.15, -0.1) is 0 Å². The van der Waals surface area contributed by atoms with E-state index in [4.69, 9.17) is 0 Å². The molecule has 0 spiro atoms. The monoisotopic (exact) mass is 234 g/mol. The highest BCUT2D eigenvalue weighted by atomic mass is 16.4. The van der Waals surface area contributed by atoms with E-state index in [-0.39, 0.29) is 0 Å². The van der Waals surface area contributed by atoms with Gasteiger partial charge in [0.15, 0.2) is 0 Å². The zero-order valence-electron chi connectivity index (χ0n) is 9.51. The molecule has 0 saturated heterocycles. The maximum atomic E-state index is 11.5. The van der Waals surface area contributed by atoms with Crippen LogP contribution >= 0.6 is 0 Å². The van der Waals surface area contributed by atoms with Crippen molar-refractivity contribution in [1.82, 2.24) is 0 Å². The number of hydrogen-bond donors (Lipinski definition) is 2. The molecule has 0 saturated carbocycles. The molecule has 0 heterocycles. The Morgan fingerprint density at radius 2 is 1.94 bits per heavy atom. The van der Waals surface area contributed by atoms with Gasteiger partial charge in [0, 0.05) is 0 Å².